The Labute approximate surface area is 171 Å². The number of benzene rings is 2. The molecule has 0 aromatic heterocycles. The Kier molecular flexibility index (Phi) is 8.81. The number of rotatable bonds is 10. The quantitative estimate of drug-likeness (QED) is 0.477. The van der Waals surface area contributed by atoms with Crippen LogP contribution in [0.3, 0.4) is 0 Å². The zero-order chi connectivity index (χ0) is 19.9. The van der Waals surface area contributed by atoms with Crippen LogP contribution < -0.4 is 5.32 Å². The van der Waals surface area contributed by atoms with Crippen molar-refractivity contribution in [2.75, 3.05) is 12.7 Å². The van der Waals surface area contributed by atoms with Gasteiger partial charge in [-0.15, -0.1) is 0 Å². The Morgan fingerprint density at radius 1 is 1.07 bits per heavy atom. The lowest BCUT2D eigenvalue weighted by Gasteiger charge is -2.21. The summed E-state index contributed by atoms with van der Waals surface area (Å²) in [6, 6.07) is 14.8. The van der Waals surface area contributed by atoms with E-state index in [2.05, 4.69) is 5.32 Å². The van der Waals surface area contributed by atoms with Crippen molar-refractivity contribution in [1.82, 2.24) is 5.32 Å². The van der Waals surface area contributed by atoms with Gasteiger partial charge in [0.25, 0.3) is 0 Å². The fourth-order valence-corrected chi connectivity index (χ4v) is 4.96. The van der Waals surface area contributed by atoms with Crippen LogP contribution in [0, 0.1) is 0 Å². The van der Waals surface area contributed by atoms with Gasteiger partial charge in [0.1, 0.15) is 0 Å². The Morgan fingerprint density at radius 3 is 2.41 bits per heavy atom. The molecule has 0 saturated heterocycles. The third-order valence-electron chi connectivity index (χ3n) is 4.37. The number of aliphatic hydroxyl groups is 1. The van der Waals surface area contributed by atoms with Crippen LogP contribution in [0.1, 0.15) is 24.5 Å². The van der Waals surface area contributed by atoms with Gasteiger partial charge in [0.2, 0.25) is 7.37 Å². The van der Waals surface area contributed by atoms with Crippen LogP contribution in [0.4, 0.5) is 0 Å². The second kappa shape index (κ2) is 10.6. The minimum absolute atomic E-state index is 0.0748. The molecule has 0 spiro atoms. The van der Waals surface area contributed by atoms with E-state index < -0.39 is 13.5 Å². The first-order valence-electron chi connectivity index (χ1n) is 8.99. The molecular formula is C20H26Cl2NO3P. The summed E-state index contributed by atoms with van der Waals surface area (Å²) < 4.78 is 12.4. The average Bonchev–Trinajstić information content (AvgIpc) is 2.61. The normalized spacial score (nSPS) is 15.9. The highest BCUT2D eigenvalue weighted by Gasteiger charge is 2.24. The van der Waals surface area contributed by atoms with Crippen molar-refractivity contribution in [3.63, 3.8) is 0 Å². The first-order valence-corrected chi connectivity index (χ1v) is 11.8. The molecule has 0 aliphatic carbocycles. The summed E-state index contributed by atoms with van der Waals surface area (Å²) in [5.41, 5.74) is 1.85. The third-order valence-corrected chi connectivity index (χ3v) is 6.96. The molecule has 0 aliphatic heterocycles. The van der Waals surface area contributed by atoms with E-state index in [1.165, 1.54) is 0 Å². The number of halogens is 2. The average molecular weight is 430 g/mol. The minimum Gasteiger partial charge on any atom is -0.391 e. The molecule has 0 saturated carbocycles. The molecule has 0 aliphatic rings. The standard InChI is InChI=1S/C20H26Cl2NO3P/c1-2-17(10-16-8-9-19(21)20(22)11-16)23-12-18(24)14-27(25,26)13-15-6-4-3-5-7-15/h3-9,11,17-18,23-24H,2,10,12-14H2,1H3,(H,25,26). The molecule has 0 fully saturated rings. The van der Waals surface area contributed by atoms with E-state index in [0.717, 1.165) is 24.0 Å². The molecule has 0 amide bonds. The molecule has 3 unspecified atom stereocenters. The first-order chi connectivity index (χ1) is 12.8. The molecule has 7 heteroatoms. The highest BCUT2D eigenvalue weighted by molar-refractivity contribution is 7.57. The van der Waals surface area contributed by atoms with Crippen molar-refractivity contribution in [2.24, 2.45) is 0 Å². The van der Waals surface area contributed by atoms with Crippen molar-refractivity contribution in [2.45, 2.75) is 38.1 Å². The van der Waals surface area contributed by atoms with E-state index in [-0.39, 0.29) is 24.9 Å². The molecule has 4 nitrogen and oxygen atoms in total. The van der Waals surface area contributed by atoms with Crippen LogP contribution in [0.5, 0.6) is 0 Å². The van der Waals surface area contributed by atoms with E-state index >= 15 is 0 Å². The molecule has 2 rings (SSSR count). The molecule has 0 heterocycles. The second-order valence-electron chi connectivity index (χ2n) is 6.79. The van der Waals surface area contributed by atoms with Crippen LogP contribution in [-0.2, 0) is 17.1 Å². The zero-order valence-electron chi connectivity index (χ0n) is 15.3. The van der Waals surface area contributed by atoms with Gasteiger partial charge in [-0.05, 0) is 36.1 Å². The third kappa shape index (κ3) is 7.95. The van der Waals surface area contributed by atoms with E-state index in [0.29, 0.717) is 10.0 Å². The topological polar surface area (TPSA) is 69.6 Å². The number of hydrogen-bond donors (Lipinski definition) is 3. The molecule has 27 heavy (non-hydrogen) atoms. The summed E-state index contributed by atoms with van der Waals surface area (Å²) in [6.07, 6.45) is 0.658. The molecular weight excluding hydrogens is 404 g/mol. The lowest BCUT2D eigenvalue weighted by Crippen LogP contribution is -2.38. The highest BCUT2D eigenvalue weighted by atomic mass is 35.5. The fraction of sp³-hybridized carbons (Fsp3) is 0.400. The van der Waals surface area contributed by atoms with Crippen molar-refractivity contribution >= 4 is 30.6 Å². The number of nitrogens with one attached hydrogen (secondary N) is 1. The molecule has 2 aromatic rings. The molecule has 3 atom stereocenters. The number of aliphatic hydroxyl groups excluding tert-OH is 1. The molecule has 3 N–H and O–H groups in total. The zero-order valence-corrected chi connectivity index (χ0v) is 17.7. The lowest BCUT2D eigenvalue weighted by atomic mass is 10.0. The van der Waals surface area contributed by atoms with Crippen LogP contribution in [0.2, 0.25) is 10.0 Å². The van der Waals surface area contributed by atoms with Gasteiger partial charge in [-0.1, -0.05) is 66.5 Å². The van der Waals surface area contributed by atoms with Gasteiger partial charge in [0, 0.05) is 18.7 Å². The van der Waals surface area contributed by atoms with E-state index in [1.807, 2.05) is 49.4 Å². The van der Waals surface area contributed by atoms with Crippen molar-refractivity contribution in [3.05, 3.63) is 69.7 Å². The highest BCUT2D eigenvalue weighted by Crippen LogP contribution is 2.44. The van der Waals surface area contributed by atoms with E-state index in [9.17, 15) is 14.6 Å². The largest absolute Gasteiger partial charge is 0.391 e. The van der Waals surface area contributed by atoms with Gasteiger partial charge < -0.3 is 15.3 Å². The fourth-order valence-electron chi connectivity index (χ4n) is 2.94. The smallest absolute Gasteiger partial charge is 0.207 e. The maximum atomic E-state index is 12.4. The van der Waals surface area contributed by atoms with Crippen LogP contribution in [-0.4, -0.2) is 34.9 Å². The van der Waals surface area contributed by atoms with Gasteiger partial charge in [-0.3, -0.25) is 4.57 Å². The van der Waals surface area contributed by atoms with E-state index in [1.54, 1.807) is 6.07 Å². The first kappa shape index (κ1) is 22.4. The van der Waals surface area contributed by atoms with Gasteiger partial charge >= 0.3 is 0 Å². The lowest BCUT2D eigenvalue weighted by molar-refractivity contribution is 0.184. The predicted molar refractivity (Wildman–Crippen MR) is 113 cm³/mol. The van der Waals surface area contributed by atoms with Crippen molar-refractivity contribution < 1.29 is 14.6 Å². The second-order valence-corrected chi connectivity index (χ2v) is 9.98. The van der Waals surface area contributed by atoms with Crippen LogP contribution >= 0.6 is 30.6 Å². The van der Waals surface area contributed by atoms with Crippen LogP contribution in [0.25, 0.3) is 0 Å². The van der Waals surface area contributed by atoms with Gasteiger partial charge in [0.05, 0.1) is 22.3 Å². The summed E-state index contributed by atoms with van der Waals surface area (Å²) in [5.74, 6) is 0. The molecule has 0 bridgehead atoms. The van der Waals surface area contributed by atoms with Crippen LogP contribution in [0.15, 0.2) is 48.5 Å². The Hall–Kier alpha value is -0.870. The van der Waals surface area contributed by atoms with Gasteiger partial charge in [-0.2, -0.15) is 0 Å². The van der Waals surface area contributed by atoms with Crippen molar-refractivity contribution in [1.29, 1.82) is 0 Å². The maximum Gasteiger partial charge on any atom is 0.207 e. The summed E-state index contributed by atoms with van der Waals surface area (Å²) in [7, 11) is -3.44. The predicted octanol–water partition coefficient (Wildman–Crippen LogP) is 4.74. The maximum absolute atomic E-state index is 12.4. The SMILES string of the molecule is CCC(Cc1ccc(Cl)c(Cl)c1)NCC(O)CP(=O)(O)Cc1ccccc1. The molecule has 0 radical (unpaired) electrons. The summed E-state index contributed by atoms with van der Waals surface area (Å²) in [6.45, 7) is 2.31. The molecule has 148 valence electrons. The Balaban J connectivity index is 1.84. The Morgan fingerprint density at radius 2 is 1.78 bits per heavy atom. The van der Waals surface area contributed by atoms with Gasteiger partial charge in [-0.25, -0.2) is 0 Å². The van der Waals surface area contributed by atoms with E-state index in [4.69, 9.17) is 23.2 Å². The van der Waals surface area contributed by atoms with Gasteiger partial charge in [0.15, 0.2) is 0 Å². The monoisotopic (exact) mass is 429 g/mol. The Bertz CT molecular complexity index is 773. The summed E-state index contributed by atoms with van der Waals surface area (Å²) in [5, 5.41) is 14.5. The summed E-state index contributed by atoms with van der Waals surface area (Å²) >= 11 is 12.0. The molecule has 2 aromatic carbocycles. The summed E-state index contributed by atoms with van der Waals surface area (Å²) in [4.78, 5) is 10.2. The minimum atomic E-state index is -3.44. The van der Waals surface area contributed by atoms with Crippen molar-refractivity contribution in [3.8, 4) is 0 Å². The number of hydrogen-bond acceptors (Lipinski definition) is 3.